The lowest BCUT2D eigenvalue weighted by atomic mass is 10.2. The van der Waals surface area contributed by atoms with Gasteiger partial charge in [0.25, 0.3) is 11.8 Å². The van der Waals surface area contributed by atoms with E-state index in [2.05, 4.69) is 10.6 Å². The molecule has 0 spiro atoms. The van der Waals surface area contributed by atoms with Gasteiger partial charge in [0.1, 0.15) is 0 Å². The van der Waals surface area contributed by atoms with E-state index in [0.717, 1.165) is 5.75 Å². The van der Waals surface area contributed by atoms with Gasteiger partial charge in [-0.3, -0.25) is 9.59 Å². The fourth-order valence-electron chi connectivity index (χ4n) is 1.75. The van der Waals surface area contributed by atoms with Crippen molar-refractivity contribution in [2.75, 3.05) is 37.9 Å². The molecule has 118 valence electrons. The molecule has 1 aromatic carbocycles. The summed E-state index contributed by atoms with van der Waals surface area (Å²) in [6.45, 7) is 1.45. The smallest absolute Gasteiger partial charge is 0.291 e. The van der Waals surface area contributed by atoms with Crippen molar-refractivity contribution in [2.45, 2.75) is 0 Å². The van der Waals surface area contributed by atoms with Crippen molar-refractivity contribution in [1.29, 1.82) is 0 Å². The topological polar surface area (TPSA) is 76.7 Å². The number of benzene rings is 1. The van der Waals surface area contributed by atoms with E-state index in [1.54, 1.807) is 48.5 Å². The number of methoxy groups -OCH3 is 1. The van der Waals surface area contributed by atoms with Gasteiger partial charge in [-0.1, -0.05) is 0 Å². The van der Waals surface area contributed by atoms with E-state index in [9.17, 15) is 9.59 Å². The second kappa shape index (κ2) is 8.45. The van der Waals surface area contributed by atoms with Gasteiger partial charge < -0.3 is 20.1 Å². The second-order valence-corrected chi connectivity index (χ2v) is 5.46. The zero-order valence-electron chi connectivity index (χ0n) is 12.3. The highest BCUT2D eigenvalue weighted by molar-refractivity contribution is 8.02. The highest BCUT2D eigenvalue weighted by Gasteiger charge is 2.14. The summed E-state index contributed by atoms with van der Waals surface area (Å²) in [5.41, 5.74) is 1.14. The largest absolute Gasteiger partial charge is 0.487 e. The van der Waals surface area contributed by atoms with Gasteiger partial charge in [0.05, 0.1) is 13.2 Å². The maximum absolute atomic E-state index is 11.9. The summed E-state index contributed by atoms with van der Waals surface area (Å²) in [6, 6.07) is 6.67. The molecule has 7 heteroatoms. The van der Waals surface area contributed by atoms with Gasteiger partial charge in [0, 0.05) is 36.1 Å². The highest BCUT2D eigenvalue weighted by Crippen LogP contribution is 2.17. The third-order valence-corrected chi connectivity index (χ3v) is 3.65. The van der Waals surface area contributed by atoms with Crippen molar-refractivity contribution in [3.8, 4) is 0 Å². The normalized spacial score (nSPS) is 13.8. The van der Waals surface area contributed by atoms with Crippen molar-refractivity contribution < 1.29 is 19.1 Å². The van der Waals surface area contributed by atoms with E-state index in [1.165, 1.54) is 0 Å². The molecule has 2 rings (SSSR count). The summed E-state index contributed by atoms with van der Waals surface area (Å²) in [4.78, 5) is 23.8. The van der Waals surface area contributed by atoms with Gasteiger partial charge in [-0.25, -0.2) is 0 Å². The van der Waals surface area contributed by atoms with E-state index >= 15 is 0 Å². The first-order valence-electron chi connectivity index (χ1n) is 6.84. The third kappa shape index (κ3) is 4.78. The van der Waals surface area contributed by atoms with Crippen LogP contribution < -0.4 is 10.6 Å². The van der Waals surface area contributed by atoms with Crippen LogP contribution in [0.5, 0.6) is 0 Å². The average Bonchev–Trinajstić information content (AvgIpc) is 2.56. The van der Waals surface area contributed by atoms with E-state index in [0.29, 0.717) is 36.8 Å². The zero-order valence-corrected chi connectivity index (χ0v) is 13.1. The van der Waals surface area contributed by atoms with Gasteiger partial charge in [-0.2, -0.15) is 0 Å². The monoisotopic (exact) mass is 322 g/mol. The fourth-order valence-corrected chi connectivity index (χ4v) is 2.38. The van der Waals surface area contributed by atoms with E-state index in [4.69, 9.17) is 9.47 Å². The molecular weight excluding hydrogens is 304 g/mol. The Balaban J connectivity index is 1.90. The first-order valence-corrected chi connectivity index (χ1v) is 7.88. The lowest BCUT2D eigenvalue weighted by molar-refractivity contribution is -0.116. The van der Waals surface area contributed by atoms with Crippen LogP contribution in [0.4, 0.5) is 5.69 Å². The maximum Gasteiger partial charge on any atom is 0.291 e. The predicted molar refractivity (Wildman–Crippen MR) is 85.8 cm³/mol. The molecule has 1 aromatic rings. The lowest BCUT2D eigenvalue weighted by Gasteiger charge is -2.14. The number of ether oxygens (including phenoxy) is 2. The molecule has 6 nitrogen and oxygen atoms in total. The number of carbonyl (C=O) groups is 2. The first kappa shape index (κ1) is 16.4. The zero-order chi connectivity index (χ0) is 15.8. The summed E-state index contributed by atoms with van der Waals surface area (Å²) in [5.74, 6) is 0.704. The third-order valence-electron chi connectivity index (χ3n) is 2.87. The van der Waals surface area contributed by atoms with Crippen molar-refractivity contribution in [3.05, 3.63) is 41.0 Å². The molecule has 0 saturated heterocycles. The molecule has 0 radical (unpaired) electrons. The van der Waals surface area contributed by atoms with Crippen molar-refractivity contribution >= 4 is 29.3 Å². The Bertz CT molecular complexity index is 557. The summed E-state index contributed by atoms with van der Waals surface area (Å²) in [5, 5.41) is 7.17. The van der Waals surface area contributed by atoms with Gasteiger partial charge in [0.15, 0.2) is 5.76 Å². The van der Waals surface area contributed by atoms with Gasteiger partial charge in [-0.15, -0.1) is 11.8 Å². The van der Waals surface area contributed by atoms with E-state index in [1.807, 2.05) is 0 Å². The molecule has 0 bridgehead atoms. The number of carbonyl (C=O) groups excluding carboxylic acids is 2. The first-order chi connectivity index (χ1) is 10.7. The molecule has 1 aliphatic rings. The molecule has 1 aliphatic heterocycles. The molecule has 0 aliphatic carbocycles. The summed E-state index contributed by atoms with van der Waals surface area (Å²) >= 11 is 1.55. The SMILES string of the molecule is COCCNC(=O)c1ccc(NC(=O)C2=CSCCO2)cc1. The minimum Gasteiger partial charge on any atom is -0.487 e. The van der Waals surface area contributed by atoms with Crippen LogP contribution >= 0.6 is 11.8 Å². The average molecular weight is 322 g/mol. The Labute approximate surface area is 133 Å². The molecule has 0 saturated carbocycles. The molecule has 2 amide bonds. The summed E-state index contributed by atoms with van der Waals surface area (Å²) in [6.07, 6.45) is 0. The molecule has 0 unspecified atom stereocenters. The Kier molecular flexibility index (Phi) is 6.29. The lowest BCUT2D eigenvalue weighted by Crippen LogP contribution is -2.26. The van der Waals surface area contributed by atoms with E-state index in [-0.39, 0.29) is 11.8 Å². The highest BCUT2D eigenvalue weighted by atomic mass is 32.2. The Hall–Kier alpha value is -1.99. The van der Waals surface area contributed by atoms with Crippen LogP contribution in [-0.4, -0.2) is 44.4 Å². The molecule has 2 N–H and O–H groups in total. The Morgan fingerprint density at radius 1 is 1.27 bits per heavy atom. The van der Waals surface area contributed by atoms with Gasteiger partial charge in [0.2, 0.25) is 0 Å². The van der Waals surface area contributed by atoms with Crippen LogP contribution in [0.15, 0.2) is 35.4 Å². The van der Waals surface area contributed by atoms with Crippen molar-refractivity contribution in [2.24, 2.45) is 0 Å². The number of nitrogens with one attached hydrogen (secondary N) is 2. The number of hydrogen-bond acceptors (Lipinski definition) is 5. The molecule has 0 aromatic heterocycles. The standard InChI is InChI=1S/C15H18N2O4S/c1-20-7-6-16-14(18)11-2-4-12(5-3-11)17-15(19)13-10-22-9-8-21-13/h2-5,10H,6-9H2,1H3,(H,16,18)(H,17,19). The Morgan fingerprint density at radius 3 is 2.68 bits per heavy atom. The van der Waals surface area contributed by atoms with E-state index < -0.39 is 0 Å². The van der Waals surface area contributed by atoms with Crippen molar-refractivity contribution in [3.63, 3.8) is 0 Å². The molecular formula is C15H18N2O4S. The second-order valence-electron chi connectivity index (χ2n) is 4.48. The van der Waals surface area contributed by atoms with Crippen LogP contribution in [0.1, 0.15) is 10.4 Å². The number of thioether (sulfide) groups is 1. The van der Waals surface area contributed by atoms with Gasteiger partial charge in [-0.05, 0) is 24.3 Å². The van der Waals surface area contributed by atoms with Crippen LogP contribution in [0, 0.1) is 0 Å². The minimum absolute atomic E-state index is 0.176. The van der Waals surface area contributed by atoms with Crippen LogP contribution in [-0.2, 0) is 14.3 Å². The molecule has 0 atom stereocenters. The maximum atomic E-state index is 11.9. The number of amides is 2. The quantitative estimate of drug-likeness (QED) is 0.778. The fraction of sp³-hybridized carbons (Fsp3) is 0.333. The molecule has 0 fully saturated rings. The van der Waals surface area contributed by atoms with Crippen molar-refractivity contribution in [1.82, 2.24) is 5.32 Å². The number of anilines is 1. The Morgan fingerprint density at radius 2 is 2.05 bits per heavy atom. The number of hydrogen-bond donors (Lipinski definition) is 2. The predicted octanol–water partition coefficient (Wildman–Crippen LogP) is 1.61. The minimum atomic E-state index is -0.288. The summed E-state index contributed by atoms with van der Waals surface area (Å²) < 4.78 is 10.1. The number of rotatable bonds is 6. The van der Waals surface area contributed by atoms with Crippen LogP contribution in [0.3, 0.4) is 0 Å². The van der Waals surface area contributed by atoms with Crippen LogP contribution in [0.25, 0.3) is 0 Å². The molecule has 1 heterocycles. The summed E-state index contributed by atoms with van der Waals surface area (Å²) in [7, 11) is 1.58. The molecule has 22 heavy (non-hydrogen) atoms. The van der Waals surface area contributed by atoms with Crippen LogP contribution in [0.2, 0.25) is 0 Å². The van der Waals surface area contributed by atoms with Gasteiger partial charge >= 0.3 is 0 Å².